The average molecular weight is 431 g/mol. The zero-order valence-corrected chi connectivity index (χ0v) is 17.2. The Kier molecular flexibility index (Phi) is 5.26. The second-order valence-electron chi connectivity index (χ2n) is 7.79. The number of H-pyrrole nitrogens is 2. The number of halogens is 2. The molecule has 0 bridgehead atoms. The number of amides is 2. The van der Waals surface area contributed by atoms with Crippen molar-refractivity contribution in [1.82, 2.24) is 25.0 Å². The van der Waals surface area contributed by atoms with Crippen molar-refractivity contribution in [1.29, 1.82) is 0 Å². The largest absolute Gasteiger partial charge is 0.395 e. The molecule has 0 atom stereocenters. The quantitative estimate of drug-likeness (QED) is 0.576. The van der Waals surface area contributed by atoms with Gasteiger partial charge in [0, 0.05) is 61.2 Å². The summed E-state index contributed by atoms with van der Waals surface area (Å²) in [6.07, 6.45) is 0.490. The van der Waals surface area contributed by atoms with Gasteiger partial charge in [-0.2, -0.15) is 5.10 Å². The number of fused-ring (bicyclic) bond motifs is 2. The van der Waals surface area contributed by atoms with Crippen molar-refractivity contribution in [2.45, 2.75) is 25.8 Å². The summed E-state index contributed by atoms with van der Waals surface area (Å²) in [7, 11) is 1.57. The molecule has 3 aromatic rings. The number of carbonyl (C=O) groups excluding carboxylic acids is 2. The molecule has 0 fully saturated rings. The lowest BCUT2D eigenvalue weighted by molar-refractivity contribution is 0.0191. The molecule has 2 aromatic heterocycles. The normalized spacial score (nSPS) is 14.0. The van der Waals surface area contributed by atoms with Crippen molar-refractivity contribution in [2.24, 2.45) is 0 Å². The van der Waals surface area contributed by atoms with Gasteiger partial charge in [-0.1, -0.05) is 12.1 Å². The molecule has 10 heteroatoms. The first-order valence-electron chi connectivity index (χ1n) is 9.92. The van der Waals surface area contributed by atoms with Gasteiger partial charge in [-0.3, -0.25) is 14.7 Å². The van der Waals surface area contributed by atoms with E-state index in [0.29, 0.717) is 29.4 Å². The number of aromatic amines is 2. The average Bonchev–Trinajstić information content (AvgIpc) is 3.35. The predicted molar refractivity (Wildman–Crippen MR) is 109 cm³/mol. The third kappa shape index (κ3) is 3.78. The minimum absolute atomic E-state index is 0.143. The van der Waals surface area contributed by atoms with Crippen molar-refractivity contribution < 1.29 is 23.5 Å². The van der Waals surface area contributed by atoms with Gasteiger partial charge in [-0.15, -0.1) is 0 Å². The zero-order valence-electron chi connectivity index (χ0n) is 17.2. The first-order chi connectivity index (χ1) is 14.7. The molecule has 31 heavy (non-hydrogen) atoms. The van der Waals surface area contributed by atoms with Crippen molar-refractivity contribution in [3.8, 4) is 0 Å². The Bertz CT molecular complexity index is 1150. The van der Waals surface area contributed by atoms with E-state index in [4.69, 9.17) is 5.11 Å². The van der Waals surface area contributed by atoms with Gasteiger partial charge in [0.1, 0.15) is 5.69 Å². The number of aliphatic hydroxyl groups excluding tert-OH is 1. The van der Waals surface area contributed by atoms with Gasteiger partial charge in [0.05, 0.1) is 13.2 Å². The summed E-state index contributed by atoms with van der Waals surface area (Å²) in [6, 6.07) is 5.99. The van der Waals surface area contributed by atoms with Gasteiger partial charge >= 0.3 is 0 Å². The summed E-state index contributed by atoms with van der Waals surface area (Å²) in [5.41, 5.74) is 2.17. The fourth-order valence-corrected chi connectivity index (χ4v) is 3.90. The molecule has 0 spiro atoms. The van der Waals surface area contributed by atoms with Crippen molar-refractivity contribution in [3.63, 3.8) is 0 Å². The van der Waals surface area contributed by atoms with Gasteiger partial charge < -0.3 is 19.9 Å². The summed E-state index contributed by atoms with van der Waals surface area (Å²) < 4.78 is 27.9. The van der Waals surface area contributed by atoms with Crippen LogP contribution in [-0.4, -0.2) is 68.6 Å². The number of hydrogen-bond donors (Lipinski definition) is 3. The lowest BCUT2D eigenvalue weighted by Crippen LogP contribution is -2.37. The summed E-state index contributed by atoms with van der Waals surface area (Å²) in [5, 5.41) is 16.3. The smallest absolute Gasteiger partial charge is 0.274 e. The highest BCUT2D eigenvalue weighted by atomic mass is 19.3. The lowest BCUT2D eigenvalue weighted by Gasteiger charge is -2.27. The van der Waals surface area contributed by atoms with Crippen molar-refractivity contribution >= 4 is 22.7 Å². The SMILES string of the molecule is CN(CCO)C(=O)c1n[nH]c2c1CN(C(=O)c1cc3c(C(C)(F)F)cccc3[nH]1)CC2. The second-order valence-corrected chi connectivity index (χ2v) is 7.79. The zero-order chi connectivity index (χ0) is 22.3. The summed E-state index contributed by atoms with van der Waals surface area (Å²) in [5.74, 6) is -3.72. The first-order valence-corrected chi connectivity index (χ1v) is 9.92. The van der Waals surface area contributed by atoms with Crippen LogP contribution in [0.15, 0.2) is 24.3 Å². The number of alkyl halides is 2. The van der Waals surface area contributed by atoms with Crippen LogP contribution in [0.2, 0.25) is 0 Å². The summed E-state index contributed by atoms with van der Waals surface area (Å²) in [4.78, 5) is 31.6. The van der Waals surface area contributed by atoms with Crippen LogP contribution < -0.4 is 0 Å². The number of hydrogen-bond acceptors (Lipinski definition) is 4. The van der Waals surface area contributed by atoms with E-state index in [0.717, 1.165) is 12.6 Å². The van der Waals surface area contributed by atoms with Gasteiger partial charge in [-0.25, -0.2) is 8.78 Å². The van der Waals surface area contributed by atoms with E-state index < -0.39 is 5.92 Å². The Morgan fingerprint density at radius 3 is 2.84 bits per heavy atom. The molecule has 0 radical (unpaired) electrons. The Morgan fingerprint density at radius 1 is 1.35 bits per heavy atom. The van der Waals surface area contributed by atoms with Crippen LogP contribution in [0.4, 0.5) is 8.78 Å². The number of nitrogens with zero attached hydrogens (tertiary/aromatic N) is 3. The minimum Gasteiger partial charge on any atom is -0.395 e. The molecule has 4 rings (SSSR count). The van der Waals surface area contributed by atoms with Crippen LogP contribution in [0.1, 0.15) is 44.7 Å². The standard InChI is InChI=1S/C21H23F2N5O3/c1-21(22,23)14-4-3-5-15-12(14)10-17(24-15)19(30)28-7-6-16-13(11-28)18(26-25-16)20(31)27(2)8-9-29/h3-5,10,24,29H,6-9,11H2,1-2H3,(H,25,26). The molecule has 0 saturated heterocycles. The topological polar surface area (TPSA) is 105 Å². The third-order valence-corrected chi connectivity index (χ3v) is 5.57. The Hall–Kier alpha value is -3.27. The molecular weight excluding hydrogens is 408 g/mol. The molecule has 1 aliphatic rings. The number of carbonyl (C=O) groups is 2. The van der Waals surface area contributed by atoms with Crippen LogP contribution in [-0.2, 0) is 18.9 Å². The molecule has 1 aromatic carbocycles. The van der Waals surface area contributed by atoms with Crippen LogP contribution in [0.5, 0.6) is 0 Å². The number of rotatable bonds is 5. The second kappa shape index (κ2) is 7.77. The lowest BCUT2D eigenvalue weighted by atomic mass is 10.0. The molecule has 3 N–H and O–H groups in total. The highest BCUT2D eigenvalue weighted by Gasteiger charge is 2.31. The van der Waals surface area contributed by atoms with Gasteiger partial charge in [-0.05, 0) is 12.1 Å². The first kappa shape index (κ1) is 21.0. The van der Waals surface area contributed by atoms with Crippen molar-refractivity contribution in [2.75, 3.05) is 26.7 Å². The molecule has 2 amide bonds. The number of benzene rings is 1. The number of aromatic nitrogens is 3. The van der Waals surface area contributed by atoms with E-state index in [1.54, 1.807) is 18.0 Å². The van der Waals surface area contributed by atoms with Gasteiger partial charge in [0.15, 0.2) is 5.69 Å². The Labute approximate surface area is 176 Å². The van der Waals surface area contributed by atoms with Gasteiger partial charge in [0.2, 0.25) is 0 Å². The molecular formula is C21H23F2N5O3. The molecule has 3 heterocycles. The van der Waals surface area contributed by atoms with Crippen molar-refractivity contribution in [3.05, 3.63) is 52.5 Å². The van der Waals surface area contributed by atoms with Crippen LogP contribution in [0, 0.1) is 0 Å². The Balaban J connectivity index is 1.61. The monoisotopic (exact) mass is 431 g/mol. The molecule has 0 saturated carbocycles. The molecule has 164 valence electrons. The van der Waals surface area contributed by atoms with E-state index >= 15 is 0 Å². The molecule has 1 aliphatic heterocycles. The van der Waals surface area contributed by atoms with E-state index in [2.05, 4.69) is 15.2 Å². The number of likely N-dealkylation sites (N-methyl/N-ethyl adjacent to an activating group) is 1. The fourth-order valence-electron chi connectivity index (χ4n) is 3.90. The maximum atomic E-state index is 13.9. The molecule has 0 unspecified atom stereocenters. The van der Waals surface area contributed by atoms with E-state index in [1.807, 2.05) is 0 Å². The van der Waals surface area contributed by atoms with E-state index in [9.17, 15) is 18.4 Å². The Morgan fingerprint density at radius 2 is 2.13 bits per heavy atom. The van der Waals surface area contributed by atoms with Crippen LogP contribution in [0.3, 0.4) is 0 Å². The maximum absolute atomic E-state index is 13.9. The highest BCUT2D eigenvalue weighted by Crippen LogP contribution is 2.34. The van der Waals surface area contributed by atoms with E-state index in [1.165, 1.54) is 23.1 Å². The maximum Gasteiger partial charge on any atom is 0.274 e. The predicted octanol–water partition coefficient (Wildman–Crippen LogP) is 2.27. The summed E-state index contributed by atoms with van der Waals surface area (Å²) in [6.45, 7) is 1.40. The molecule has 8 nitrogen and oxygen atoms in total. The summed E-state index contributed by atoms with van der Waals surface area (Å²) >= 11 is 0. The van der Waals surface area contributed by atoms with Crippen LogP contribution >= 0.6 is 0 Å². The number of aliphatic hydroxyl groups is 1. The minimum atomic E-state index is -3.03. The van der Waals surface area contributed by atoms with Crippen LogP contribution in [0.25, 0.3) is 10.9 Å². The number of nitrogens with one attached hydrogen (secondary N) is 2. The third-order valence-electron chi connectivity index (χ3n) is 5.57. The van der Waals surface area contributed by atoms with E-state index in [-0.39, 0.29) is 48.5 Å². The fraction of sp³-hybridized carbons (Fsp3) is 0.381. The highest BCUT2D eigenvalue weighted by molar-refractivity contribution is 5.99. The van der Waals surface area contributed by atoms with Gasteiger partial charge in [0.25, 0.3) is 17.7 Å². The molecule has 0 aliphatic carbocycles.